The lowest BCUT2D eigenvalue weighted by Crippen LogP contribution is -2.36. The van der Waals surface area contributed by atoms with Crippen molar-refractivity contribution >= 4 is 16.9 Å². The van der Waals surface area contributed by atoms with Gasteiger partial charge in [-0.1, -0.05) is 36.4 Å². The Hall–Kier alpha value is -2.96. The van der Waals surface area contributed by atoms with Gasteiger partial charge in [0.15, 0.2) is 0 Å². The number of ether oxygens (including phenoxy) is 1. The normalized spacial score (nSPS) is 14.6. The first kappa shape index (κ1) is 22.2. The van der Waals surface area contributed by atoms with E-state index in [1.807, 2.05) is 44.2 Å². The minimum Gasteiger partial charge on any atom is -0.423 e. The van der Waals surface area contributed by atoms with E-state index in [1.54, 1.807) is 0 Å². The fourth-order valence-electron chi connectivity index (χ4n) is 4.20. The zero-order chi connectivity index (χ0) is 22.5. The maximum absolute atomic E-state index is 12.6. The number of amides is 1. The van der Waals surface area contributed by atoms with E-state index in [0.29, 0.717) is 24.1 Å². The highest BCUT2D eigenvalue weighted by atomic mass is 16.5. The molecule has 2 heterocycles. The molecule has 0 bridgehead atoms. The molecule has 0 spiro atoms. The Morgan fingerprint density at radius 3 is 2.59 bits per heavy atom. The van der Waals surface area contributed by atoms with Gasteiger partial charge in [-0.2, -0.15) is 0 Å². The van der Waals surface area contributed by atoms with Crippen molar-refractivity contribution in [3.8, 4) is 0 Å². The molecule has 1 aliphatic heterocycles. The Kier molecular flexibility index (Phi) is 7.02. The monoisotopic (exact) mass is 434 g/mol. The van der Waals surface area contributed by atoms with Crippen LogP contribution >= 0.6 is 0 Å². The predicted molar refractivity (Wildman–Crippen MR) is 125 cm³/mol. The van der Waals surface area contributed by atoms with Gasteiger partial charge in [-0.05, 0) is 48.6 Å². The summed E-state index contributed by atoms with van der Waals surface area (Å²) in [6, 6.07) is 14.0. The maximum atomic E-state index is 12.6. The number of benzene rings is 2. The molecule has 0 atom stereocenters. The minimum atomic E-state index is -0.357. The molecule has 6 heteroatoms. The predicted octanol–water partition coefficient (Wildman–Crippen LogP) is 3.49. The number of aryl methyl sites for hydroxylation is 2. The van der Waals surface area contributed by atoms with Gasteiger partial charge < -0.3 is 14.5 Å². The number of morpholine rings is 1. The lowest BCUT2D eigenvalue weighted by Gasteiger charge is -2.27. The zero-order valence-corrected chi connectivity index (χ0v) is 18.8. The first-order chi connectivity index (χ1) is 15.5. The van der Waals surface area contributed by atoms with Crippen molar-refractivity contribution in [1.29, 1.82) is 0 Å². The Morgan fingerprint density at radius 1 is 1.06 bits per heavy atom. The van der Waals surface area contributed by atoms with E-state index < -0.39 is 0 Å². The van der Waals surface area contributed by atoms with Gasteiger partial charge in [-0.3, -0.25) is 9.69 Å². The number of carbonyl (C=O) groups is 1. The third kappa shape index (κ3) is 5.26. The van der Waals surface area contributed by atoms with Crippen molar-refractivity contribution in [3.05, 3.63) is 80.7 Å². The molecular formula is C26H30N2O4. The van der Waals surface area contributed by atoms with Gasteiger partial charge in [0.2, 0.25) is 5.91 Å². The van der Waals surface area contributed by atoms with Gasteiger partial charge in [-0.15, -0.1) is 0 Å². The third-order valence-corrected chi connectivity index (χ3v) is 6.14. The van der Waals surface area contributed by atoms with E-state index in [0.717, 1.165) is 54.9 Å². The second-order valence-electron chi connectivity index (χ2n) is 8.43. The molecule has 1 aromatic heterocycles. The fraction of sp³-hybridized carbons (Fsp3) is 0.385. The molecule has 0 saturated carbocycles. The maximum Gasteiger partial charge on any atom is 0.339 e. The van der Waals surface area contributed by atoms with Gasteiger partial charge in [0.25, 0.3) is 0 Å². The summed E-state index contributed by atoms with van der Waals surface area (Å²) in [4.78, 5) is 27.4. The molecule has 0 unspecified atom stereocenters. The standard InChI is InChI=1S/C26H30N2O4/c1-18-7-8-22-19(2)23(26(30)32-24(22)15-18)9-10-25(29)27-16-20-5-3-4-6-21(20)17-28-11-13-31-14-12-28/h3-8,15H,9-14,16-17H2,1-2H3,(H,27,29). The number of carbonyl (C=O) groups excluding carboxylic acids is 1. The number of rotatable bonds is 7. The first-order valence-corrected chi connectivity index (χ1v) is 11.2. The SMILES string of the molecule is Cc1ccc2c(C)c(CCC(=O)NCc3ccccc3CN3CCOCC3)c(=O)oc2c1. The smallest absolute Gasteiger partial charge is 0.339 e. The number of hydrogen-bond donors (Lipinski definition) is 1. The zero-order valence-electron chi connectivity index (χ0n) is 18.8. The lowest BCUT2D eigenvalue weighted by molar-refractivity contribution is -0.121. The van der Waals surface area contributed by atoms with Crippen LogP contribution in [-0.4, -0.2) is 37.1 Å². The molecule has 6 nitrogen and oxygen atoms in total. The van der Waals surface area contributed by atoms with Gasteiger partial charge in [0.1, 0.15) is 5.58 Å². The van der Waals surface area contributed by atoms with Crippen LogP contribution in [0.3, 0.4) is 0 Å². The summed E-state index contributed by atoms with van der Waals surface area (Å²) in [5, 5.41) is 3.93. The summed E-state index contributed by atoms with van der Waals surface area (Å²) in [5.74, 6) is -0.0750. The summed E-state index contributed by atoms with van der Waals surface area (Å²) < 4.78 is 10.9. The van der Waals surface area contributed by atoms with Crippen LogP contribution in [0.1, 0.15) is 34.2 Å². The van der Waals surface area contributed by atoms with Crippen LogP contribution in [0.25, 0.3) is 11.0 Å². The van der Waals surface area contributed by atoms with Crippen LogP contribution < -0.4 is 10.9 Å². The molecule has 1 fully saturated rings. The Labute approximate surface area is 188 Å². The molecule has 2 aromatic carbocycles. The van der Waals surface area contributed by atoms with E-state index in [-0.39, 0.29) is 18.0 Å². The van der Waals surface area contributed by atoms with Crippen molar-refractivity contribution in [1.82, 2.24) is 10.2 Å². The number of nitrogens with zero attached hydrogens (tertiary/aromatic N) is 1. The highest BCUT2D eigenvalue weighted by Gasteiger charge is 2.15. The molecule has 1 saturated heterocycles. The van der Waals surface area contributed by atoms with Crippen LogP contribution in [0.2, 0.25) is 0 Å². The largest absolute Gasteiger partial charge is 0.423 e. The second kappa shape index (κ2) is 10.1. The van der Waals surface area contributed by atoms with Crippen LogP contribution in [0.5, 0.6) is 0 Å². The van der Waals surface area contributed by atoms with E-state index in [9.17, 15) is 9.59 Å². The highest BCUT2D eigenvalue weighted by Crippen LogP contribution is 2.21. The van der Waals surface area contributed by atoms with E-state index >= 15 is 0 Å². The summed E-state index contributed by atoms with van der Waals surface area (Å²) in [6.45, 7) is 8.59. The first-order valence-electron chi connectivity index (χ1n) is 11.2. The molecule has 168 valence electrons. The molecular weight excluding hydrogens is 404 g/mol. The Bertz CT molecular complexity index is 1160. The molecule has 1 aliphatic rings. The van der Waals surface area contributed by atoms with E-state index in [1.165, 1.54) is 5.56 Å². The highest BCUT2D eigenvalue weighted by molar-refractivity contribution is 5.82. The topological polar surface area (TPSA) is 71.8 Å². The van der Waals surface area contributed by atoms with Crippen LogP contribution in [0.15, 0.2) is 51.7 Å². The molecule has 0 aliphatic carbocycles. The van der Waals surface area contributed by atoms with Gasteiger partial charge in [0, 0.05) is 43.5 Å². The van der Waals surface area contributed by atoms with Crippen molar-refractivity contribution in [2.45, 2.75) is 39.8 Å². The number of fused-ring (bicyclic) bond motifs is 1. The molecule has 1 N–H and O–H groups in total. The second-order valence-corrected chi connectivity index (χ2v) is 8.43. The molecule has 3 aromatic rings. The van der Waals surface area contributed by atoms with E-state index in [4.69, 9.17) is 9.15 Å². The van der Waals surface area contributed by atoms with Gasteiger partial charge >= 0.3 is 5.63 Å². The van der Waals surface area contributed by atoms with E-state index in [2.05, 4.69) is 22.3 Å². The van der Waals surface area contributed by atoms with Gasteiger partial charge in [-0.25, -0.2) is 4.79 Å². The van der Waals surface area contributed by atoms with Crippen molar-refractivity contribution in [2.75, 3.05) is 26.3 Å². The average molecular weight is 435 g/mol. The molecule has 1 amide bonds. The summed E-state index contributed by atoms with van der Waals surface area (Å²) in [5.41, 5.74) is 5.08. The van der Waals surface area contributed by atoms with Crippen LogP contribution in [0, 0.1) is 13.8 Å². The van der Waals surface area contributed by atoms with Gasteiger partial charge in [0.05, 0.1) is 13.2 Å². The van der Waals surface area contributed by atoms with Crippen LogP contribution in [0.4, 0.5) is 0 Å². The average Bonchev–Trinajstić information content (AvgIpc) is 2.79. The molecule has 4 rings (SSSR count). The quantitative estimate of drug-likeness (QED) is 0.577. The van der Waals surface area contributed by atoms with Crippen molar-refractivity contribution < 1.29 is 13.9 Å². The third-order valence-electron chi connectivity index (χ3n) is 6.14. The minimum absolute atomic E-state index is 0.0750. The number of nitrogens with one attached hydrogen (secondary N) is 1. The molecule has 0 radical (unpaired) electrons. The summed E-state index contributed by atoms with van der Waals surface area (Å²) >= 11 is 0. The number of hydrogen-bond acceptors (Lipinski definition) is 5. The van der Waals surface area contributed by atoms with Crippen molar-refractivity contribution in [3.63, 3.8) is 0 Å². The summed E-state index contributed by atoms with van der Waals surface area (Å²) in [6.07, 6.45) is 0.605. The summed E-state index contributed by atoms with van der Waals surface area (Å²) in [7, 11) is 0. The Morgan fingerprint density at radius 2 is 1.81 bits per heavy atom. The van der Waals surface area contributed by atoms with Crippen LogP contribution in [-0.2, 0) is 29.0 Å². The lowest BCUT2D eigenvalue weighted by atomic mass is 10.0. The van der Waals surface area contributed by atoms with Crippen molar-refractivity contribution in [2.24, 2.45) is 0 Å². The fourth-order valence-corrected chi connectivity index (χ4v) is 4.20. The Balaban J connectivity index is 1.37. The molecule has 32 heavy (non-hydrogen) atoms.